The van der Waals surface area contributed by atoms with E-state index in [2.05, 4.69) is 10.6 Å². The Morgan fingerprint density at radius 2 is 1.93 bits per heavy atom. The van der Waals surface area contributed by atoms with Gasteiger partial charge in [-0.15, -0.1) is 0 Å². The number of hydrogen-bond donors (Lipinski definition) is 2. The van der Waals surface area contributed by atoms with E-state index in [1.807, 2.05) is 32.7 Å². The number of nitrogens with zero attached hydrogens (tertiary/aromatic N) is 1. The molecule has 0 radical (unpaired) electrons. The van der Waals surface area contributed by atoms with Crippen molar-refractivity contribution < 1.29 is 9.59 Å². The minimum absolute atomic E-state index is 0.242. The van der Waals surface area contributed by atoms with Gasteiger partial charge in [-0.2, -0.15) is 0 Å². The molecule has 3 amide bonds. The Morgan fingerprint density at radius 3 is 2.40 bits per heavy atom. The highest BCUT2D eigenvalue weighted by Crippen LogP contribution is 1.86. The third kappa shape index (κ3) is 7.93. The molecular formula is C10H21N3O2. The molecule has 0 aromatic heterocycles. The normalized spacial score (nSPS) is 10.5. The quantitative estimate of drug-likeness (QED) is 0.698. The fourth-order valence-electron chi connectivity index (χ4n) is 0.864. The van der Waals surface area contributed by atoms with Crippen molar-refractivity contribution in [2.24, 2.45) is 5.92 Å². The molecule has 0 spiro atoms. The Hall–Kier alpha value is -1.10. The van der Waals surface area contributed by atoms with Crippen molar-refractivity contribution in [1.29, 1.82) is 0 Å². The fraction of sp³-hybridized carbons (Fsp3) is 0.800. The van der Waals surface area contributed by atoms with Gasteiger partial charge in [0.25, 0.3) is 0 Å². The van der Waals surface area contributed by atoms with Crippen LogP contribution in [0.15, 0.2) is 0 Å². The lowest BCUT2D eigenvalue weighted by Gasteiger charge is -2.13. The van der Waals surface area contributed by atoms with E-state index < -0.39 is 6.03 Å². The van der Waals surface area contributed by atoms with Crippen molar-refractivity contribution in [3.05, 3.63) is 0 Å². The molecule has 0 aliphatic carbocycles. The number of imide groups is 1. The summed E-state index contributed by atoms with van der Waals surface area (Å²) in [4.78, 5) is 24.2. The Balaban J connectivity index is 3.72. The van der Waals surface area contributed by atoms with Gasteiger partial charge in [-0.1, -0.05) is 20.8 Å². The van der Waals surface area contributed by atoms with Crippen LogP contribution in [0.4, 0.5) is 4.79 Å². The highest BCUT2D eigenvalue weighted by atomic mass is 16.2. The van der Waals surface area contributed by atoms with Crippen LogP contribution in [0, 0.1) is 5.92 Å². The van der Waals surface area contributed by atoms with Crippen molar-refractivity contribution in [2.75, 3.05) is 26.7 Å². The standard InChI is InChI=1S/C10H21N3O2/c1-5-13(4)7-9(14)12-10(15)11-6-8(2)3/h8H,5-7H2,1-4H3,(H2,11,12,14,15). The first-order valence-electron chi connectivity index (χ1n) is 5.22. The third-order valence-corrected chi connectivity index (χ3v) is 1.88. The zero-order valence-electron chi connectivity index (χ0n) is 9.96. The van der Waals surface area contributed by atoms with Crippen LogP contribution in [0.3, 0.4) is 0 Å². The van der Waals surface area contributed by atoms with Crippen molar-refractivity contribution in [3.63, 3.8) is 0 Å². The molecule has 0 aromatic rings. The molecule has 0 aromatic carbocycles. The summed E-state index contributed by atoms with van der Waals surface area (Å²) >= 11 is 0. The molecule has 88 valence electrons. The van der Waals surface area contributed by atoms with Gasteiger partial charge in [0.05, 0.1) is 6.54 Å². The van der Waals surface area contributed by atoms with Crippen LogP contribution in [-0.4, -0.2) is 43.5 Å². The lowest BCUT2D eigenvalue weighted by Crippen LogP contribution is -2.44. The molecule has 0 atom stereocenters. The summed E-state index contributed by atoms with van der Waals surface area (Å²) in [5.74, 6) is 0.102. The molecule has 0 saturated heterocycles. The lowest BCUT2D eigenvalue weighted by molar-refractivity contribution is -0.120. The first-order valence-corrected chi connectivity index (χ1v) is 5.22. The molecule has 5 nitrogen and oxygen atoms in total. The monoisotopic (exact) mass is 215 g/mol. The highest BCUT2D eigenvalue weighted by molar-refractivity contribution is 5.95. The van der Waals surface area contributed by atoms with Gasteiger partial charge in [-0.05, 0) is 19.5 Å². The van der Waals surface area contributed by atoms with Gasteiger partial charge in [0.1, 0.15) is 0 Å². The summed E-state index contributed by atoms with van der Waals surface area (Å²) in [5.41, 5.74) is 0. The van der Waals surface area contributed by atoms with E-state index >= 15 is 0 Å². The van der Waals surface area contributed by atoms with E-state index in [0.717, 1.165) is 6.54 Å². The van der Waals surface area contributed by atoms with E-state index in [1.165, 1.54) is 0 Å². The average molecular weight is 215 g/mol. The number of urea groups is 1. The number of rotatable bonds is 5. The predicted molar refractivity (Wildman–Crippen MR) is 59.6 cm³/mol. The van der Waals surface area contributed by atoms with Gasteiger partial charge in [0, 0.05) is 6.54 Å². The Labute approximate surface area is 91.2 Å². The molecule has 0 bridgehead atoms. The summed E-state index contributed by atoms with van der Waals surface area (Å²) in [6.07, 6.45) is 0. The van der Waals surface area contributed by atoms with Gasteiger partial charge in [0.2, 0.25) is 5.91 Å². The molecule has 0 heterocycles. The molecule has 0 saturated carbocycles. The minimum Gasteiger partial charge on any atom is -0.338 e. The van der Waals surface area contributed by atoms with E-state index in [9.17, 15) is 9.59 Å². The lowest BCUT2D eigenvalue weighted by atomic mass is 10.2. The van der Waals surface area contributed by atoms with Crippen LogP contribution in [0.25, 0.3) is 0 Å². The maximum absolute atomic E-state index is 11.3. The highest BCUT2D eigenvalue weighted by Gasteiger charge is 2.09. The summed E-state index contributed by atoms with van der Waals surface area (Å²) < 4.78 is 0. The molecular weight excluding hydrogens is 194 g/mol. The summed E-state index contributed by atoms with van der Waals surface area (Å²) in [6, 6.07) is -0.418. The number of likely N-dealkylation sites (N-methyl/N-ethyl adjacent to an activating group) is 1. The number of carbonyl (C=O) groups is 2. The van der Waals surface area contributed by atoms with Crippen molar-refractivity contribution in [1.82, 2.24) is 15.5 Å². The maximum atomic E-state index is 11.3. The first kappa shape index (κ1) is 13.9. The predicted octanol–water partition coefficient (Wildman–Crippen LogP) is 0.420. The van der Waals surface area contributed by atoms with Gasteiger partial charge in [-0.3, -0.25) is 15.0 Å². The molecule has 0 fully saturated rings. The third-order valence-electron chi connectivity index (χ3n) is 1.88. The van der Waals surface area contributed by atoms with Crippen LogP contribution in [0.1, 0.15) is 20.8 Å². The van der Waals surface area contributed by atoms with Crippen LogP contribution in [0.2, 0.25) is 0 Å². The van der Waals surface area contributed by atoms with E-state index in [1.54, 1.807) is 0 Å². The molecule has 0 aliphatic rings. The van der Waals surface area contributed by atoms with Crippen LogP contribution >= 0.6 is 0 Å². The second kappa shape index (κ2) is 7.23. The number of amides is 3. The van der Waals surface area contributed by atoms with Gasteiger partial charge in [0.15, 0.2) is 0 Å². The van der Waals surface area contributed by atoms with Crippen molar-refractivity contribution in [2.45, 2.75) is 20.8 Å². The Morgan fingerprint density at radius 1 is 1.33 bits per heavy atom. The molecule has 0 aliphatic heterocycles. The molecule has 0 rings (SSSR count). The topological polar surface area (TPSA) is 61.4 Å². The number of hydrogen-bond acceptors (Lipinski definition) is 3. The second-order valence-electron chi connectivity index (χ2n) is 3.98. The van der Waals surface area contributed by atoms with Gasteiger partial charge >= 0.3 is 6.03 Å². The summed E-state index contributed by atoms with van der Waals surface area (Å²) in [5, 5.41) is 4.88. The molecule has 0 unspecified atom stereocenters. The number of carbonyl (C=O) groups excluding carboxylic acids is 2. The molecule has 15 heavy (non-hydrogen) atoms. The SMILES string of the molecule is CCN(C)CC(=O)NC(=O)NCC(C)C. The Kier molecular flexibility index (Phi) is 6.70. The van der Waals surface area contributed by atoms with E-state index in [0.29, 0.717) is 12.5 Å². The first-order chi connectivity index (χ1) is 6.95. The minimum atomic E-state index is -0.418. The van der Waals surface area contributed by atoms with E-state index in [-0.39, 0.29) is 12.5 Å². The largest absolute Gasteiger partial charge is 0.338 e. The zero-order chi connectivity index (χ0) is 11.8. The smallest absolute Gasteiger partial charge is 0.321 e. The van der Waals surface area contributed by atoms with Crippen LogP contribution in [0.5, 0.6) is 0 Å². The van der Waals surface area contributed by atoms with Crippen LogP contribution in [-0.2, 0) is 4.79 Å². The second-order valence-corrected chi connectivity index (χ2v) is 3.98. The van der Waals surface area contributed by atoms with Gasteiger partial charge < -0.3 is 5.32 Å². The fourth-order valence-corrected chi connectivity index (χ4v) is 0.864. The van der Waals surface area contributed by atoms with Crippen LogP contribution < -0.4 is 10.6 Å². The average Bonchev–Trinajstić information content (AvgIpc) is 2.14. The Bertz CT molecular complexity index is 217. The van der Waals surface area contributed by atoms with Gasteiger partial charge in [-0.25, -0.2) is 4.79 Å². The summed E-state index contributed by atoms with van der Waals surface area (Å²) in [7, 11) is 1.83. The maximum Gasteiger partial charge on any atom is 0.321 e. The van der Waals surface area contributed by atoms with Crippen molar-refractivity contribution >= 4 is 11.9 Å². The molecule has 5 heteroatoms. The molecule has 2 N–H and O–H groups in total. The van der Waals surface area contributed by atoms with Crippen molar-refractivity contribution in [3.8, 4) is 0 Å². The van der Waals surface area contributed by atoms with E-state index in [4.69, 9.17) is 0 Å². The summed E-state index contributed by atoms with van der Waals surface area (Å²) in [6.45, 7) is 7.53. The zero-order valence-corrected chi connectivity index (χ0v) is 9.96. The number of nitrogens with one attached hydrogen (secondary N) is 2.